The zero-order chi connectivity index (χ0) is 17.9. The number of rotatable bonds is 2. The zero-order valence-electron chi connectivity index (χ0n) is 12.8. The van der Waals surface area contributed by atoms with Gasteiger partial charge in [0.1, 0.15) is 0 Å². The van der Waals surface area contributed by atoms with E-state index in [1.807, 2.05) is 0 Å². The van der Waals surface area contributed by atoms with E-state index in [0.29, 0.717) is 22.3 Å². The lowest BCUT2D eigenvalue weighted by Crippen LogP contribution is -2.51. The number of hydrogen-bond donors (Lipinski definition) is 2. The molecule has 0 amide bonds. The molecular formula is C19H13BrO5. The number of aliphatic carboxylic acids is 2. The minimum Gasteiger partial charge on any atom is -0.481 e. The predicted molar refractivity (Wildman–Crippen MR) is 91.8 cm³/mol. The highest BCUT2D eigenvalue weighted by molar-refractivity contribution is 9.10. The molecule has 6 heteroatoms. The van der Waals surface area contributed by atoms with E-state index in [-0.39, 0.29) is 5.78 Å². The molecule has 2 aliphatic carbocycles. The monoisotopic (exact) mass is 400 g/mol. The molecule has 1 saturated carbocycles. The first kappa shape index (κ1) is 16.0. The molecule has 2 aromatic rings. The maximum absolute atomic E-state index is 13.0. The number of fused-ring (bicyclic) bond motifs is 5. The topological polar surface area (TPSA) is 91.7 Å². The highest BCUT2D eigenvalue weighted by Gasteiger charge is 2.60. The average molecular weight is 401 g/mol. The molecule has 1 fully saturated rings. The van der Waals surface area contributed by atoms with E-state index >= 15 is 0 Å². The number of carbonyl (C=O) groups excluding carboxylic acids is 1. The summed E-state index contributed by atoms with van der Waals surface area (Å²) < 4.78 is 0.719. The lowest BCUT2D eigenvalue weighted by atomic mass is 9.52. The summed E-state index contributed by atoms with van der Waals surface area (Å²) in [5.74, 6) is -5.65. The van der Waals surface area contributed by atoms with E-state index in [4.69, 9.17) is 0 Å². The summed E-state index contributed by atoms with van der Waals surface area (Å²) in [6.07, 6.45) is 0. The van der Waals surface area contributed by atoms with E-state index in [1.54, 1.807) is 42.5 Å². The average Bonchev–Trinajstić information content (AvgIpc) is 2.61. The fourth-order valence-corrected chi connectivity index (χ4v) is 4.65. The van der Waals surface area contributed by atoms with Crippen molar-refractivity contribution in [1.82, 2.24) is 0 Å². The summed E-state index contributed by atoms with van der Waals surface area (Å²) >= 11 is 3.35. The lowest BCUT2D eigenvalue weighted by Gasteiger charge is -2.48. The van der Waals surface area contributed by atoms with Gasteiger partial charge in [0.2, 0.25) is 0 Å². The van der Waals surface area contributed by atoms with E-state index in [0.717, 1.165) is 4.47 Å². The van der Waals surface area contributed by atoms with Crippen LogP contribution >= 0.6 is 15.9 Å². The second-order valence-corrected chi connectivity index (χ2v) is 7.34. The van der Waals surface area contributed by atoms with Gasteiger partial charge in [-0.05, 0) is 23.3 Å². The van der Waals surface area contributed by atoms with Crippen LogP contribution in [0.3, 0.4) is 0 Å². The fraction of sp³-hybridized carbons (Fsp3) is 0.211. The Labute approximate surface area is 151 Å². The highest BCUT2D eigenvalue weighted by atomic mass is 79.9. The Morgan fingerprint density at radius 1 is 0.840 bits per heavy atom. The molecular weight excluding hydrogens is 388 g/mol. The zero-order valence-corrected chi connectivity index (χ0v) is 14.4. The van der Waals surface area contributed by atoms with Crippen molar-refractivity contribution in [2.45, 2.75) is 11.8 Å². The largest absolute Gasteiger partial charge is 0.481 e. The van der Waals surface area contributed by atoms with Crippen LogP contribution in [0.4, 0.5) is 0 Å². The smallest absolute Gasteiger partial charge is 0.308 e. The van der Waals surface area contributed by atoms with Crippen molar-refractivity contribution in [3.63, 3.8) is 0 Å². The molecule has 0 spiro atoms. The molecule has 2 aromatic carbocycles. The predicted octanol–water partition coefficient (Wildman–Crippen LogP) is 3.28. The summed E-state index contributed by atoms with van der Waals surface area (Å²) in [4.78, 5) is 36.6. The van der Waals surface area contributed by atoms with Crippen LogP contribution in [0.25, 0.3) is 0 Å². The van der Waals surface area contributed by atoms with Crippen LogP contribution in [0.15, 0.2) is 46.9 Å². The van der Waals surface area contributed by atoms with Crippen LogP contribution in [0.1, 0.15) is 38.9 Å². The van der Waals surface area contributed by atoms with E-state index in [1.165, 1.54) is 0 Å². The third-order valence-electron chi connectivity index (χ3n) is 5.30. The van der Waals surface area contributed by atoms with Crippen molar-refractivity contribution in [2.24, 2.45) is 11.8 Å². The summed E-state index contributed by atoms with van der Waals surface area (Å²) in [7, 11) is 0. The summed E-state index contributed by atoms with van der Waals surface area (Å²) in [5.41, 5.74) is 2.11. The summed E-state index contributed by atoms with van der Waals surface area (Å²) in [6, 6.07) is 12.1. The molecule has 2 aliphatic rings. The van der Waals surface area contributed by atoms with Gasteiger partial charge in [0.25, 0.3) is 0 Å². The summed E-state index contributed by atoms with van der Waals surface area (Å²) in [6.45, 7) is 0. The van der Waals surface area contributed by atoms with Crippen molar-refractivity contribution in [2.75, 3.05) is 0 Å². The van der Waals surface area contributed by atoms with Gasteiger partial charge in [-0.3, -0.25) is 14.4 Å². The normalized spacial score (nSPS) is 26.5. The Bertz CT molecular complexity index is 935. The minimum absolute atomic E-state index is 0.199. The van der Waals surface area contributed by atoms with Crippen LogP contribution in [-0.2, 0) is 9.59 Å². The second-order valence-electron chi connectivity index (χ2n) is 6.43. The first-order chi connectivity index (χ1) is 11.9. The number of benzene rings is 2. The number of hydrogen-bond acceptors (Lipinski definition) is 3. The maximum atomic E-state index is 13.0. The Hall–Kier alpha value is -2.47. The molecule has 0 bridgehead atoms. The molecule has 0 heterocycles. The molecule has 0 aromatic heterocycles. The van der Waals surface area contributed by atoms with Gasteiger partial charge in [0.15, 0.2) is 5.78 Å². The third kappa shape index (κ3) is 2.17. The quantitative estimate of drug-likeness (QED) is 0.806. The van der Waals surface area contributed by atoms with Crippen molar-refractivity contribution in [1.29, 1.82) is 0 Å². The van der Waals surface area contributed by atoms with E-state index in [2.05, 4.69) is 15.9 Å². The molecule has 126 valence electrons. The van der Waals surface area contributed by atoms with Crippen LogP contribution in [0, 0.1) is 11.8 Å². The Morgan fingerprint density at radius 2 is 1.40 bits per heavy atom. The minimum atomic E-state index is -1.14. The lowest BCUT2D eigenvalue weighted by molar-refractivity contribution is -0.164. The van der Waals surface area contributed by atoms with Gasteiger partial charge in [0.05, 0.1) is 11.8 Å². The molecule has 0 radical (unpaired) electrons. The molecule has 0 aliphatic heterocycles. The van der Waals surface area contributed by atoms with Crippen molar-refractivity contribution in [3.05, 3.63) is 69.2 Å². The van der Waals surface area contributed by atoms with Gasteiger partial charge in [-0.2, -0.15) is 0 Å². The van der Waals surface area contributed by atoms with Gasteiger partial charge in [-0.15, -0.1) is 0 Å². The summed E-state index contributed by atoms with van der Waals surface area (Å²) in [5, 5.41) is 19.2. The van der Waals surface area contributed by atoms with Gasteiger partial charge in [-0.1, -0.05) is 46.3 Å². The van der Waals surface area contributed by atoms with Crippen LogP contribution in [0.5, 0.6) is 0 Å². The van der Waals surface area contributed by atoms with Crippen LogP contribution in [0.2, 0.25) is 0 Å². The molecule has 4 atom stereocenters. The van der Waals surface area contributed by atoms with Gasteiger partial charge in [0, 0.05) is 27.4 Å². The number of carboxylic acids is 2. The first-order valence-corrected chi connectivity index (χ1v) is 8.59. The Morgan fingerprint density at radius 3 is 2.00 bits per heavy atom. The standard InChI is InChI=1S/C19H13BrO5/c20-8-5-6-10-12(7-8)17(21)11-4-2-1-3-9(11)13-14(10)16(19(24)25)15(13)18(22)23/h1-7,13-16H,(H,22,23)(H,24,25)/t13-,14+,15+,16-/m0/s1. The van der Waals surface area contributed by atoms with E-state index < -0.39 is 35.6 Å². The Balaban J connectivity index is 2.02. The Kier molecular flexibility index (Phi) is 3.54. The van der Waals surface area contributed by atoms with E-state index in [9.17, 15) is 24.6 Å². The number of carboxylic acid groups (broad SMARTS) is 2. The van der Waals surface area contributed by atoms with Gasteiger partial charge < -0.3 is 10.2 Å². The number of carbonyl (C=O) groups is 3. The third-order valence-corrected chi connectivity index (χ3v) is 5.79. The molecule has 0 unspecified atom stereocenters. The fourth-order valence-electron chi connectivity index (χ4n) is 4.29. The molecule has 5 nitrogen and oxygen atoms in total. The molecule has 0 saturated heterocycles. The SMILES string of the molecule is O=C1c2ccccc2[C@@H]2[C@@H](C(=O)O)[C@@H](C(=O)O)[C@@H]2c2ccc(Br)cc21. The van der Waals surface area contributed by atoms with Crippen molar-refractivity contribution >= 4 is 33.7 Å². The van der Waals surface area contributed by atoms with Crippen LogP contribution in [-0.4, -0.2) is 27.9 Å². The van der Waals surface area contributed by atoms with Crippen molar-refractivity contribution < 1.29 is 24.6 Å². The molecule has 2 N–H and O–H groups in total. The second kappa shape index (κ2) is 5.52. The van der Waals surface area contributed by atoms with Crippen LogP contribution < -0.4 is 0 Å². The first-order valence-electron chi connectivity index (χ1n) is 7.80. The number of halogens is 1. The maximum Gasteiger partial charge on any atom is 0.308 e. The highest BCUT2D eigenvalue weighted by Crippen LogP contribution is 2.60. The van der Waals surface area contributed by atoms with Gasteiger partial charge in [-0.25, -0.2) is 0 Å². The van der Waals surface area contributed by atoms with Gasteiger partial charge >= 0.3 is 11.9 Å². The molecule has 4 rings (SSSR count). The number of ketones is 1. The molecule has 25 heavy (non-hydrogen) atoms. The van der Waals surface area contributed by atoms with Crippen molar-refractivity contribution in [3.8, 4) is 0 Å².